The van der Waals surface area contributed by atoms with Gasteiger partial charge in [0.1, 0.15) is 12.1 Å². The molecule has 0 aliphatic carbocycles. The van der Waals surface area contributed by atoms with Gasteiger partial charge in [0, 0.05) is 19.1 Å². The molecule has 150 valence electrons. The molecule has 2 N–H and O–H groups in total. The van der Waals surface area contributed by atoms with Crippen LogP contribution in [0.3, 0.4) is 0 Å². The van der Waals surface area contributed by atoms with Crippen LogP contribution in [0.5, 0.6) is 0 Å². The molecule has 0 bridgehead atoms. The van der Waals surface area contributed by atoms with Crippen molar-refractivity contribution in [3.63, 3.8) is 0 Å². The van der Waals surface area contributed by atoms with Crippen LogP contribution in [-0.4, -0.2) is 54.7 Å². The monoisotopic (exact) mass is 375 g/mol. The number of likely N-dealkylation sites (tertiary alicyclic amines) is 1. The van der Waals surface area contributed by atoms with E-state index in [-0.39, 0.29) is 18.5 Å². The number of carbonyl (C=O) groups is 2. The predicted molar refractivity (Wildman–Crippen MR) is 107 cm³/mol. The van der Waals surface area contributed by atoms with Crippen LogP contribution in [0, 0.1) is 0 Å². The van der Waals surface area contributed by atoms with Crippen molar-refractivity contribution in [1.29, 1.82) is 0 Å². The Morgan fingerprint density at radius 2 is 1.81 bits per heavy atom. The van der Waals surface area contributed by atoms with Gasteiger partial charge in [0.05, 0.1) is 0 Å². The van der Waals surface area contributed by atoms with Crippen molar-refractivity contribution in [1.82, 2.24) is 15.5 Å². The first-order valence-electron chi connectivity index (χ1n) is 9.84. The van der Waals surface area contributed by atoms with Gasteiger partial charge in [-0.15, -0.1) is 0 Å². The third kappa shape index (κ3) is 8.91. The summed E-state index contributed by atoms with van der Waals surface area (Å²) in [5, 5.41) is 5.50. The Morgan fingerprint density at radius 3 is 2.44 bits per heavy atom. The molecule has 1 saturated heterocycles. The van der Waals surface area contributed by atoms with Crippen molar-refractivity contribution in [2.24, 2.45) is 0 Å². The maximum Gasteiger partial charge on any atom is 0.408 e. The molecule has 1 fully saturated rings. The molecule has 1 aliphatic rings. The number of amides is 2. The Bertz CT molecular complexity index is 590. The van der Waals surface area contributed by atoms with E-state index in [1.807, 2.05) is 6.07 Å². The summed E-state index contributed by atoms with van der Waals surface area (Å²) < 4.78 is 5.12. The van der Waals surface area contributed by atoms with Crippen LogP contribution >= 0.6 is 0 Å². The highest BCUT2D eigenvalue weighted by atomic mass is 16.6. The lowest BCUT2D eigenvalue weighted by atomic mass is 10.0. The molecule has 0 unspecified atom stereocenters. The molecule has 0 spiro atoms. The fourth-order valence-corrected chi connectivity index (χ4v) is 3.20. The number of hydrogen-bond donors (Lipinski definition) is 2. The molecular formula is C21H33N3O3. The van der Waals surface area contributed by atoms with Gasteiger partial charge >= 0.3 is 6.09 Å². The van der Waals surface area contributed by atoms with Crippen LogP contribution in [0.1, 0.15) is 45.6 Å². The minimum absolute atomic E-state index is 0.0494. The van der Waals surface area contributed by atoms with Gasteiger partial charge in [0.2, 0.25) is 5.91 Å². The third-order valence-electron chi connectivity index (χ3n) is 4.53. The van der Waals surface area contributed by atoms with Crippen LogP contribution in [0.25, 0.3) is 0 Å². The molecule has 6 nitrogen and oxygen atoms in total. The smallest absolute Gasteiger partial charge is 0.408 e. The molecule has 27 heavy (non-hydrogen) atoms. The Balaban J connectivity index is 1.57. The first-order valence-corrected chi connectivity index (χ1v) is 9.84. The van der Waals surface area contributed by atoms with Gasteiger partial charge in [-0.25, -0.2) is 4.79 Å². The van der Waals surface area contributed by atoms with Crippen LogP contribution in [0.2, 0.25) is 0 Å². The topological polar surface area (TPSA) is 70.7 Å². The van der Waals surface area contributed by atoms with E-state index in [1.54, 1.807) is 20.8 Å². The molecule has 0 atom stereocenters. The minimum Gasteiger partial charge on any atom is -0.444 e. The third-order valence-corrected chi connectivity index (χ3v) is 4.53. The summed E-state index contributed by atoms with van der Waals surface area (Å²) in [6.45, 7) is 8.42. The van der Waals surface area contributed by atoms with Gasteiger partial charge in [0.25, 0.3) is 0 Å². The second-order valence-electron chi connectivity index (χ2n) is 8.13. The molecule has 2 rings (SSSR count). The van der Waals surface area contributed by atoms with Crippen LogP contribution in [0.15, 0.2) is 30.3 Å². The van der Waals surface area contributed by atoms with E-state index in [2.05, 4.69) is 39.8 Å². The van der Waals surface area contributed by atoms with Crippen molar-refractivity contribution < 1.29 is 14.3 Å². The highest BCUT2D eigenvalue weighted by Crippen LogP contribution is 2.12. The number of nitrogens with zero attached hydrogens (tertiary/aromatic N) is 1. The van der Waals surface area contributed by atoms with Crippen molar-refractivity contribution >= 4 is 12.0 Å². The number of aryl methyl sites for hydroxylation is 1. The fraction of sp³-hybridized carbons (Fsp3) is 0.619. The lowest BCUT2D eigenvalue weighted by molar-refractivity contribution is -0.121. The van der Waals surface area contributed by atoms with E-state index >= 15 is 0 Å². The molecule has 1 aromatic carbocycles. The number of alkyl carbamates (subject to hydrolysis) is 1. The second kappa shape index (κ2) is 10.3. The predicted octanol–water partition coefficient (Wildman–Crippen LogP) is 2.72. The van der Waals surface area contributed by atoms with Crippen molar-refractivity contribution in [2.45, 2.75) is 58.1 Å². The van der Waals surface area contributed by atoms with Gasteiger partial charge in [-0.1, -0.05) is 30.3 Å². The molecule has 0 aromatic heterocycles. The highest BCUT2D eigenvalue weighted by molar-refractivity contribution is 5.82. The van der Waals surface area contributed by atoms with Crippen molar-refractivity contribution in [3.8, 4) is 0 Å². The quantitative estimate of drug-likeness (QED) is 0.769. The van der Waals surface area contributed by atoms with Crippen molar-refractivity contribution in [3.05, 3.63) is 35.9 Å². The molecule has 1 heterocycles. The van der Waals surface area contributed by atoms with Gasteiger partial charge < -0.3 is 20.3 Å². The summed E-state index contributed by atoms with van der Waals surface area (Å²) in [4.78, 5) is 26.0. The summed E-state index contributed by atoms with van der Waals surface area (Å²) >= 11 is 0. The summed E-state index contributed by atoms with van der Waals surface area (Å²) in [5.41, 5.74) is 0.825. The molecule has 1 aliphatic heterocycles. The number of nitrogens with one attached hydrogen (secondary N) is 2. The van der Waals surface area contributed by atoms with Crippen molar-refractivity contribution in [2.75, 3.05) is 26.2 Å². The average molecular weight is 376 g/mol. The maximum absolute atomic E-state index is 12.0. The zero-order valence-electron chi connectivity index (χ0n) is 16.8. The SMILES string of the molecule is CC(C)(C)OC(=O)NCC(=O)NC1CCN(CCCc2ccccc2)CC1. The normalized spacial score (nSPS) is 16.0. The molecule has 0 radical (unpaired) electrons. The number of piperidine rings is 1. The van der Waals surface area contributed by atoms with Gasteiger partial charge in [-0.2, -0.15) is 0 Å². The van der Waals surface area contributed by atoms with E-state index in [4.69, 9.17) is 4.74 Å². The molecule has 6 heteroatoms. The summed E-state index contributed by atoms with van der Waals surface area (Å²) in [6.07, 6.45) is 3.59. The Kier molecular flexibility index (Phi) is 8.10. The zero-order valence-corrected chi connectivity index (χ0v) is 16.8. The average Bonchev–Trinajstić information content (AvgIpc) is 2.61. The lowest BCUT2D eigenvalue weighted by Crippen LogP contribution is -2.48. The zero-order chi connectivity index (χ0) is 19.7. The Hall–Kier alpha value is -2.08. The lowest BCUT2D eigenvalue weighted by Gasteiger charge is -2.32. The minimum atomic E-state index is -0.564. The second-order valence-corrected chi connectivity index (χ2v) is 8.13. The van der Waals surface area contributed by atoms with E-state index < -0.39 is 11.7 Å². The number of carbonyl (C=O) groups excluding carboxylic acids is 2. The molecule has 0 saturated carbocycles. The van der Waals surface area contributed by atoms with Gasteiger partial charge in [-0.3, -0.25) is 4.79 Å². The van der Waals surface area contributed by atoms with Crippen LogP contribution in [-0.2, 0) is 16.0 Å². The van der Waals surface area contributed by atoms with E-state index in [9.17, 15) is 9.59 Å². The van der Waals surface area contributed by atoms with E-state index in [0.29, 0.717) is 0 Å². The first-order chi connectivity index (χ1) is 12.8. The largest absolute Gasteiger partial charge is 0.444 e. The number of benzene rings is 1. The molecule has 2 amide bonds. The summed E-state index contributed by atoms with van der Waals surface area (Å²) in [5.74, 6) is -0.164. The van der Waals surface area contributed by atoms with E-state index in [1.165, 1.54) is 5.56 Å². The van der Waals surface area contributed by atoms with Crippen LogP contribution in [0.4, 0.5) is 4.79 Å². The maximum atomic E-state index is 12.0. The molecular weight excluding hydrogens is 342 g/mol. The number of hydrogen-bond acceptors (Lipinski definition) is 4. The summed E-state index contributed by atoms with van der Waals surface area (Å²) in [6, 6.07) is 10.7. The van der Waals surface area contributed by atoms with Gasteiger partial charge in [0.15, 0.2) is 0 Å². The standard InChI is InChI=1S/C21H33N3O3/c1-21(2,3)27-20(26)22-16-19(25)23-18-11-14-24(15-12-18)13-7-10-17-8-5-4-6-9-17/h4-6,8-9,18H,7,10-16H2,1-3H3,(H,22,26)(H,23,25). The first kappa shape index (κ1) is 21.2. The Morgan fingerprint density at radius 1 is 1.15 bits per heavy atom. The number of ether oxygens (including phenoxy) is 1. The highest BCUT2D eigenvalue weighted by Gasteiger charge is 2.21. The Labute approximate surface area is 162 Å². The number of rotatable bonds is 7. The fourth-order valence-electron chi connectivity index (χ4n) is 3.20. The van der Waals surface area contributed by atoms with Crippen LogP contribution < -0.4 is 10.6 Å². The molecule has 1 aromatic rings. The summed E-state index contributed by atoms with van der Waals surface area (Å²) in [7, 11) is 0. The van der Waals surface area contributed by atoms with E-state index in [0.717, 1.165) is 45.3 Å². The van der Waals surface area contributed by atoms with Gasteiger partial charge in [-0.05, 0) is 58.6 Å².